The molecule has 1 heteroatoms. The van der Waals surface area contributed by atoms with Crippen LogP contribution in [-0.2, 0) is 0 Å². The molecule has 0 atom stereocenters. The molecule has 0 fully saturated rings. The smallest absolute Gasteiger partial charge is 0.104 e. The Morgan fingerprint density at radius 2 is 2.29 bits per heavy atom. The molecule has 0 saturated heterocycles. The van der Waals surface area contributed by atoms with E-state index in [1.165, 1.54) is 0 Å². The van der Waals surface area contributed by atoms with Crippen molar-refractivity contribution in [3.63, 3.8) is 0 Å². The van der Waals surface area contributed by atoms with Gasteiger partial charge in [0.25, 0.3) is 0 Å². The van der Waals surface area contributed by atoms with Crippen molar-refractivity contribution in [1.82, 2.24) is 0 Å². The van der Waals surface area contributed by atoms with Gasteiger partial charge in [0.15, 0.2) is 0 Å². The van der Waals surface area contributed by atoms with Crippen molar-refractivity contribution in [3.8, 4) is 11.8 Å². The summed E-state index contributed by atoms with van der Waals surface area (Å²) in [6, 6.07) is 0. The van der Waals surface area contributed by atoms with E-state index >= 15 is 0 Å². The fraction of sp³-hybridized carbons (Fsp3) is 0.333. The molecular weight excluding hydrogens is 88.1 g/mol. The molecule has 0 aromatic carbocycles. The van der Waals surface area contributed by atoms with E-state index in [1.807, 2.05) is 0 Å². The highest BCUT2D eigenvalue weighted by Crippen LogP contribution is 1.70. The van der Waals surface area contributed by atoms with Crippen molar-refractivity contribution in [2.24, 2.45) is 0 Å². The highest BCUT2D eigenvalue weighted by Gasteiger charge is 1.60. The second-order valence-corrected chi connectivity index (χ2v) is 1.00. The van der Waals surface area contributed by atoms with Crippen LogP contribution in [0.1, 0.15) is 6.42 Å². The van der Waals surface area contributed by atoms with Gasteiger partial charge in [0, 0.05) is 6.42 Å². The molecule has 0 heterocycles. The third kappa shape index (κ3) is 5.26. The molecule has 7 heavy (non-hydrogen) atoms. The first-order chi connectivity index (χ1) is 3.41. The lowest BCUT2D eigenvalue weighted by atomic mass is 10.4. The molecule has 0 aromatic heterocycles. The second-order valence-electron chi connectivity index (χ2n) is 1.00. The van der Waals surface area contributed by atoms with Crippen molar-refractivity contribution in [3.05, 3.63) is 12.7 Å². The average molecular weight is 96.1 g/mol. The van der Waals surface area contributed by atoms with Gasteiger partial charge in [-0.1, -0.05) is 17.9 Å². The normalized spacial score (nSPS) is 6.43. The van der Waals surface area contributed by atoms with E-state index in [0.29, 0.717) is 6.42 Å². The summed E-state index contributed by atoms with van der Waals surface area (Å²) in [7, 11) is 0. The summed E-state index contributed by atoms with van der Waals surface area (Å²) in [4.78, 5) is 0. The number of aliphatic hydroxyl groups excluding tert-OH is 1. The van der Waals surface area contributed by atoms with Crippen molar-refractivity contribution >= 4 is 0 Å². The van der Waals surface area contributed by atoms with Gasteiger partial charge in [-0.3, -0.25) is 0 Å². The molecule has 0 unspecified atom stereocenters. The Balaban J connectivity index is 3.06. The minimum atomic E-state index is -0.0478. The molecule has 0 aliphatic heterocycles. The monoisotopic (exact) mass is 96.1 g/mol. The number of hydrogen-bond donors (Lipinski definition) is 1. The van der Waals surface area contributed by atoms with Crippen molar-refractivity contribution in [2.45, 2.75) is 6.42 Å². The minimum absolute atomic E-state index is 0.0478. The first-order valence-corrected chi connectivity index (χ1v) is 2.09. The highest BCUT2D eigenvalue weighted by molar-refractivity contribution is 5.02. The zero-order valence-corrected chi connectivity index (χ0v) is 4.15. The summed E-state index contributed by atoms with van der Waals surface area (Å²) in [6.07, 6.45) is 2.36. The summed E-state index contributed by atoms with van der Waals surface area (Å²) in [5.74, 6) is 5.15. The van der Waals surface area contributed by atoms with Gasteiger partial charge in [-0.25, -0.2) is 0 Å². The average Bonchev–Trinajstić information content (AvgIpc) is 1.69. The molecule has 0 spiro atoms. The first-order valence-electron chi connectivity index (χ1n) is 2.09. The predicted molar refractivity (Wildman–Crippen MR) is 29.7 cm³/mol. The predicted octanol–water partition coefficient (Wildman–Crippen LogP) is 0.558. The Bertz CT molecular complexity index is 94.5. The van der Waals surface area contributed by atoms with Gasteiger partial charge >= 0.3 is 0 Å². The van der Waals surface area contributed by atoms with Crippen molar-refractivity contribution in [2.75, 3.05) is 6.61 Å². The van der Waals surface area contributed by atoms with E-state index in [0.717, 1.165) is 0 Å². The standard InChI is InChI=1S/C6H8O/c1-2-3-4-5-6-7/h2,7H,1,3,6H2. The number of aliphatic hydroxyl groups is 1. The highest BCUT2D eigenvalue weighted by atomic mass is 16.2. The lowest BCUT2D eigenvalue weighted by Crippen LogP contribution is -1.69. The van der Waals surface area contributed by atoms with Crippen molar-refractivity contribution in [1.29, 1.82) is 0 Å². The molecule has 38 valence electrons. The Labute approximate surface area is 43.7 Å². The van der Waals surface area contributed by atoms with Crippen LogP contribution in [0.2, 0.25) is 0 Å². The fourth-order valence-electron chi connectivity index (χ4n) is 0.200. The zero-order chi connectivity index (χ0) is 5.54. The Kier molecular flexibility index (Phi) is 4.70. The quantitative estimate of drug-likeness (QED) is 0.373. The maximum Gasteiger partial charge on any atom is 0.104 e. The molecule has 0 amide bonds. The van der Waals surface area contributed by atoms with Crippen LogP contribution in [0.3, 0.4) is 0 Å². The summed E-state index contributed by atoms with van der Waals surface area (Å²) < 4.78 is 0. The molecule has 1 nitrogen and oxygen atoms in total. The van der Waals surface area contributed by atoms with E-state index < -0.39 is 0 Å². The first kappa shape index (κ1) is 6.26. The molecule has 0 aliphatic rings. The molecule has 0 bridgehead atoms. The molecule has 0 aromatic rings. The number of hydrogen-bond acceptors (Lipinski definition) is 1. The van der Waals surface area contributed by atoms with Gasteiger partial charge in [-0.2, -0.15) is 0 Å². The van der Waals surface area contributed by atoms with E-state index in [4.69, 9.17) is 5.11 Å². The van der Waals surface area contributed by atoms with Gasteiger partial charge in [-0.05, 0) is 0 Å². The Morgan fingerprint density at radius 3 is 2.71 bits per heavy atom. The molecule has 1 N–H and O–H groups in total. The van der Waals surface area contributed by atoms with E-state index in [2.05, 4.69) is 18.4 Å². The van der Waals surface area contributed by atoms with Crippen LogP contribution < -0.4 is 0 Å². The lowest BCUT2D eigenvalue weighted by Gasteiger charge is -1.69. The van der Waals surface area contributed by atoms with Gasteiger partial charge in [0.05, 0.1) is 0 Å². The maximum atomic E-state index is 8.08. The molecule has 0 rings (SSSR count). The Hall–Kier alpha value is -0.740. The van der Waals surface area contributed by atoms with Gasteiger partial charge in [0.2, 0.25) is 0 Å². The summed E-state index contributed by atoms with van der Waals surface area (Å²) >= 11 is 0. The third-order valence-corrected chi connectivity index (χ3v) is 0.450. The molecular formula is C6H8O. The summed E-state index contributed by atoms with van der Waals surface area (Å²) in [6.45, 7) is 3.40. The topological polar surface area (TPSA) is 20.2 Å². The van der Waals surface area contributed by atoms with Crippen LogP contribution in [0.5, 0.6) is 0 Å². The van der Waals surface area contributed by atoms with Gasteiger partial charge in [0.1, 0.15) is 6.61 Å². The van der Waals surface area contributed by atoms with Crippen LogP contribution >= 0.6 is 0 Å². The molecule has 0 aliphatic carbocycles. The zero-order valence-electron chi connectivity index (χ0n) is 4.15. The van der Waals surface area contributed by atoms with Crippen molar-refractivity contribution < 1.29 is 5.11 Å². The minimum Gasteiger partial charge on any atom is -0.384 e. The SMILES string of the molecule is C=CCC#CCO. The summed E-state index contributed by atoms with van der Waals surface area (Å²) in [5.41, 5.74) is 0. The fourth-order valence-corrected chi connectivity index (χ4v) is 0.200. The lowest BCUT2D eigenvalue weighted by molar-refractivity contribution is 0.350. The van der Waals surface area contributed by atoms with Gasteiger partial charge in [-0.15, -0.1) is 6.58 Å². The largest absolute Gasteiger partial charge is 0.384 e. The van der Waals surface area contributed by atoms with E-state index in [9.17, 15) is 0 Å². The van der Waals surface area contributed by atoms with E-state index in [-0.39, 0.29) is 6.61 Å². The van der Waals surface area contributed by atoms with Crippen LogP contribution in [0, 0.1) is 11.8 Å². The number of allylic oxidation sites excluding steroid dienone is 1. The Morgan fingerprint density at radius 1 is 1.57 bits per heavy atom. The van der Waals surface area contributed by atoms with Crippen LogP contribution in [0.15, 0.2) is 12.7 Å². The van der Waals surface area contributed by atoms with Crippen LogP contribution in [0.25, 0.3) is 0 Å². The number of rotatable bonds is 1. The van der Waals surface area contributed by atoms with Crippen LogP contribution in [0.4, 0.5) is 0 Å². The third-order valence-electron chi connectivity index (χ3n) is 0.450. The van der Waals surface area contributed by atoms with Crippen LogP contribution in [-0.4, -0.2) is 11.7 Å². The molecule has 0 saturated carbocycles. The maximum absolute atomic E-state index is 8.08. The van der Waals surface area contributed by atoms with Gasteiger partial charge < -0.3 is 5.11 Å². The summed E-state index contributed by atoms with van der Waals surface area (Å²) in [5, 5.41) is 8.08. The molecule has 0 radical (unpaired) electrons. The second kappa shape index (κ2) is 5.26. The van der Waals surface area contributed by atoms with E-state index in [1.54, 1.807) is 6.08 Å².